The first kappa shape index (κ1) is 16.4. The largest absolute Gasteiger partial charge is 0.495 e. The molecule has 2 N–H and O–H groups in total. The van der Waals surface area contributed by atoms with Crippen LogP contribution in [-0.2, 0) is 19.6 Å². The van der Waals surface area contributed by atoms with Crippen LogP contribution in [-0.4, -0.2) is 41.7 Å². The van der Waals surface area contributed by atoms with Gasteiger partial charge in [0.15, 0.2) is 0 Å². The molecule has 0 saturated carbocycles. The molecule has 0 aromatic heterocycles. The second-order valence-electron chi connectivity index (χ2n) is 3.93. The van der Waals surface area contributed by atoms with E-state index in [1.807, 2.05) is 0 Å². The minimum Gasteiger partial charge on any atom is -0.495 e. The highest BCUT2D eigenvalue weighted by atomic mass is 32.2. The number of nitrogens with one attached hydrogen (secondary N) is 2. The fourth-order valence-corrected chi connectivity index (χ4v) is 2.54. The van der Waals surface area contributed by atoms with Crippen LogP contribution in [0.5, 0.6) is 5.75 Å². The average Bonchev–Trinajstić information content (AvgIpc) is 2.38. The summed E-state index contributed by atoms with van der Waals surface area (Å²) in [6.07, 6.45) is 0. The molecule has 0 saturated heterocycles. The Morgan fingerprint density at radius 2 is 2.00 bits per heavy atom. The van der Waals surface area contributed by atoms with Gasteiger partial charge in [-0.3, -0.25) is 4.79 Å². The second kappa shape index (κ2) is 7.22. The summed E-state index contributed by atoms with van der Waals surface area (Å²) in [7, 11) is -0.734. The van der Waals surface area contributed by atoms with Gasteiger partial charge in [-0.25, -0.2) is 13.1 Å². The zero-order chi connectivity index (χ0) is 15.2. The number of ether oxygens (including phenoxy) is 2. The van der Waals surface area contributed by atoms with E-state index in [1.54, 1.807) is 0 Å². The molecular formula is C12H18N2O5S. The Morgan fingerprint density at radius 3 is 2.55 bits per heavy atom. The number of carbonyl (C=O) groups excluding carboxylic acids is 1. The minimum atomic E-state index is -3.65. The van der Waals surface area contributed by atoms with Gasteiger partial charge in [-0.1, -0.05) is 0 Å². The monoisotopic (exact) mass is 302 g/mol. The standard InChI is InChI=1S/C12H18N2O5S/c1-9(15)14-11-8-10(4-5-12(11)19-3)20(16,17)13-6-7-18-2/h4-5,8,13H,6-7H2,1-3H3,(H,14,15). The van der Waals surface area contributed by atoms with Crippen molar-refractivity contribution >= 4 is 21.6 Å². The fraction of sp³-hybridized carbons (Fsp3) is 0.417. The highest BCUT2D eigenvalue weighted by molar-refractivity contribution is 7.89. The number of carbonyl (C=O) groups is 1. The molecule has 7 nitrogen and oxygen atoms in total. The molecule has 1 amide bonds. The number of hydrogen-bond donors (Lipinski definition) is 2. The van der Waals surface area contributed by atoms with Crippen LogP contribution in [0.4, 0.5) is 5.69 Å². The van der Waals surface area contributed by atoms with E-state index in [2.05, 4.69) is 10.0 Å². The highest BCUT2D eigenvalue weighted by Crippen LogP contribution is 2.27. The fourth-order valence-electron chi connectivity index (χ4n) is 1.50. The van der Waals surface area contributed by atoms with Crippen molar-refractivity contribution in [3.8, 4) is 5.75 Å². The quantitative estimate of drug-likeness (QED) is 0.719. The van der Waals surface area contributed by atoms with Crippen molar-refractivity contribution in [2.75, 3.05) is 32.7 Å². The molecule has 0 aliphatic carbocycles. The van der Waals surface area contributed by atoms with Crippen molar-refractivity contribution in [3.63, 3.8) is 0 Å². The summed E-state index contributed by atoms with van der Waals surface area (Å²) in [6, 6.07) is 4.23. The number of methoxy groups -OCH3 is 2. The molecule has 0 aliphatic heterocycles. The molecule has 8 heteroatoms. The van der Waals surface area contributed by atoms with Crippen molar-refractivity contribution < 1.29 is 22.7 Å². The van der Waals surface area contributed by atoms with Gasteiger partial charge in [-0.05, 0) is 18.2 Å². The maximum Gasteiger partial charge on any atom is 0.240 e. The van der Waals surface area contributed by atoms with E-state index >= 15 is 0 Å². The maximum atomic E-state index is 12.0. The van der Waals surface area contributed by atoms with Crippen molar-refractivity contribution in [3.05, 3.63) is 18.2 Å². The van der Waals surface area contributed by atoms with Crippen molar-refractivity contribution in [1.82, 2.24) is 4.72 Å². The maximum absolute atomic E-state index is 12.0. The first-order chi connectivity index (χ1) is 9.40. The lowest BCUT2D eigenvalue weighted by Gasteiger charge is -2.12. The molecule has 0 spiro atoms. The summed E-state index contributed by atoms with van der Waals surface area (Å²) in [4.78, 5) is 11.1. The molecule has 0 radical (unpaired) electrons. The number of benzene rings is 1. The van der Waals surface area contributed by atoms with E-state index in [0.29, 0.717) is 11.4 Å². The molecule has 1 rings (SSSR count). The first-order valence-electron chi connectivity index (χ1n) is 5.85. The SMILES string of the molecule is COCCNS(=O)(=O)c1ccc(OC)c(NC(C)=O)c1. The van der Waals surface area contributed by atoms with Crippen molar-refractivity contribution in [2.45, 2.75) is 11.8 Å². The number of anilines is 1. The molecule has 0 heterocycles. The molecule has 1 aromatic rings. The molecule has 0 unspecified atom stereocenters. The Hall–Kier alpha value is -1.64. The summed E-state index contributed by atoms with van der Waals surface area (Å²) in [6.45, 7) is 1.77. The third-order valence-corrected chi connectivity index (χ3v) is 3.85. The van der Waals surface area contributed by atoms with Crippen LogP contribution in [0, 0.1) is 0 Å². The summed E-state index contributed by atoms with van der Waals surface area (Å²) < 4.78 is 36.3. The van der Waals surface area contributed by atoms with Gasteiger partial charge in [0.05, 0.1) is 24.3 Å². The highest BCUT2D eigenvalue weighted by Gasteiger charge is 2.16. The van der Waals surface area contributed by atoms with E-state index in [4.69, 9.17) is 9.47 Å². The molecule has 112 valence electrons. The smallest absolute Gasteiger partial charge is 0.240 e. The minimum absolute atomic E-state index is 0.0400. The lowest BCUT2D eigenvalue weighted by atomic mass is 10.3. The van der Waals surface area contributed by atoms with Crippen molar-refractivity contribution in [1.29, 1.82) is 0 Å². The molecular weight excluding hydrogens is 284 g/mol. The van der Waals surface area contributed by atoms with Crippen LogP contribution < -0.4 is 14.8 Å². The number of rotatable bonds is 7. The third-order valence-electron chi connectivity index (χ3n) is 2.39. The summed E-state index contributed by atoms with van der Waals surface area (Å²) >= 11 is 0. The van der Waals surface area contributed by atoms with Crippen LogP contribution in [0.2, 0.25) is 0 Å². The van der Waals surface area contributed by atoms with Gasteiger partial charge in [0.25, 0.3) is 0 Å². The predicted octanol–water partition coefficient (Wildman–Crippen LogP) is 0.578. The van der Waals surface area contributed by atoms with Crippen LogP contribution in [0.25, 0.3) is 0 Å². The molecule has 1 aromatic carbocycles. The Balaban J connectivity index is 3.04. The molecule has 20 heavy (non-hydrogen) atoms. The van der Waals surface area contributed by atoms with E-state index in [9.17, 15) is 13.2 Å². The van der Waals surface area contributed by atoms with Crippen LogP contribution in [0.1, 0.15) is 6.92 Å². The van der Waals surface area contributed by atoms with Gasteiger partial charge < -0.3 is 14.8 Å². The van der Waals surface area contributed by atoms with E-state index in [0.717, 1.165) is 0 Å². The lowest BCUT2D eigenvalue weighted by molar-refractivity contribution is -0.114. The number of hydrogen-bond acceptors (Lipinski definition) is 5. The van der Waals surface area contributed by atoms with Gasteiger partial charge in [-0.15, -0.1) is 0 Å². The Bertz CT molecular complexity index is 571. The van der Waals surface area contributed by atoms with Crippen LogP contribution >= 0.6 is 0 Å². The Morgan fingerprint density at radius 1 is 1.30 bits per heavy atom. The van der Waals surface area contributed by atoms with Crippen LogP contribution in [0.3, 0.4) is 0 Å². The van der Waals surface area contributed by atoms with Gasteiger partial charge in [0.1, 0.15) is 5.75 Å². The van der Waals surface area contributed by atoms with E-state index in [-0.39, 0.29) is 24.0 Å². The summed E-state index contributed by atoms with van der Waals surface area (Å²) in [5.74, 6) is 0.0706. The first-order valence-corrected chi connectivity index (χ1v) is 7.33. The zero-order valence-corrected chi connectivity index (χ0v) is 12.4. The zero-order valence-electron chi connectivity index (χ0n) is 11.6. The molecule has 0 atom stereocenters. The molecule has 0 bridgehead atoms. The molecule has 0 fully saturated rings. The normalized spacial score (nSPS) is 11.2. The van der Waals surface area contributed by atoms with Gasteiger partial charge in [-0.2, -0.15) is 0 Å². The Labute approximate surface area is 118 Å². The van der Waals surface area contributed by atoms with E-state index < -0.39 is 10.0 Å². The Kier molecular flexibility index (Phi) is 5.93. The van der Waals surface area contributed by atoms with Gasteiger partial charge >= 0.3 is 0 Å². The number of sulfonamides is 1. The van der Waals surface area contributed by atoms with Gasteiger partial charge in [0, 0.05) is 20.6 Å². The van der Waals surface area contributed by atoms with Crippen molar-refractivity contribution in [2.24, 2.45) is 0 Å². The molecule has 0 aliphatic rings. The summed E-state index contributed by atoms with van der Waals surface area (Å²) in [5.41, 5.74) is 0.301. The second-order valence-corrected chi connectivity index (χ2v) is 5.70. The lowest BCUT2D eigenvalue weighted by Crippen LogP contribution is -2.27. The van der Waals surface area contributed by atoms with Gasteiger partial charge in [0.2, 0.25) is 15.9 Å². The third kappa shape index (κ3) is 4.48. The average molecular weight is 302 g/mol. The number of amides is 1. The predicted molar refractivity (Wildman–Crippen MR) is 74.4 cm³/mol. The summed E-state index contributed by atoms with van der Waals surface area (Å²) in [5, 5.41) is 2.52. The van der Waals surface area contributed by atoms with E-state index in [1.165, 1.54) is 39.3 Å². The van der Waals surface area contributed by atoms with Crippen LogP contribution in [0.15, 0.2) is 23.1 Å². The topological polar surface area (TPSA) is 93.7 Å².